The molecule has 3 aromatic rings. The Morgan fingerprint density at radius 1 is 0.545 bits per heavy atom. The Morgan fingerprint density at radius 3 is 1.33 bits per heavy atom. The first kappa shape index (κ1) is 23.8. The monoisotopic (exact) mass is 464 g/mol. The van der Waals surface area contributed by atoms with Gasteiger partial charge in [-0.3, -0.25) is 0 Å². The second-order valence-corrected chi connectivity index (χ2v) is 10.3. The van der Waals surface area contributed by atoms with Crippen molar-refractivity contribution in [3.63, 3.8) is 0 Å². The molecule has 5 nitrogen and oxygen atoms in total. The molecule has 3 aromatic carbocycles. The molecule has 0 amide bonds. The summed E-state index contributed by atoms with van der Waals surface area (Å²) in [6.45, 7) is 0.931. The molecule has 174 valence electrons. The molecule has 0 saturated heterocycles. The fourth-order valence-corrected chi connectivity index (χ4v) is 5.40. The molecule has 4 rings (SSSR count). The van der Waals surface area contributed by atoms with Gasteiger partial charge in [0.2, 0.25) is 0 Å². The third-order valence-electron chi connectivity index (χ3n) is 5.61. The molecular weight excluding hydrogens is 432 g/mol. The molecule has 1 fully saturated rings. The molecular formula is C27H32O5Si. The van der Waals surface area contributed by atoms with Crippen molar-refractivity contribution >= 4 is 9.05 Å². The van der Waals surface area contributed by atoms with Crippen LogP contribution in [-0.2, 0) is 42.6 Å². The van der Waals surface area contributed by atoms with Crippen molar-refractivity contribution in [1.82, 2.24) is 0 Å². The van der Waals surface area contributed by atoms with E-state index in [4.69, 9.17) is 22.7 Å². The summed E-state index contributed by atoms with van der Waals surface area (Å²) in [6.07, 6.45) is 5.50. The van der Waals surface area contributed by atoms with E-state index in [9.17, 15) is 0 Å². The molecule has 1 aliphatic carbocycles. The van der Waals surface area contributed by atoms with Crippen molar-refractivity contribution in [2.45, 2.75) is 58.0 Å². The van der Waals surface area contributed by atoms with E-state index in [0.717, 1.165) is 42.4 Å². The predicted octanol–water partition coefficient (Wildman–Crippen LogP) is 6.35. The lowest BCUT2D eigenvalue weighted by Gasteiger charge is -2.30. The summed E-state index contributed by atoms with van der Waals surface area (Å²) in [5.41, 5.74) is 3.05. The quantitative estimate of drug-likeness (QED) is 0.177. The molecule has 1 saturated carbocycles. The minimum atomic E-state index is -3.65. The van der Waals surface area contributed by atoms with E-state index >= 15 is 0 Å². The first-order chi connectivity index (χ1) is 16.3. The smallest absolute Gasteiger partial charge is 0.345 e. The van der Waals surface area contributed by atoms with Gasteiger partial charge in [-0.15, -0.1) is 0 Å². The van der Waals surface area contributed by atoms with E-state index in [0.29, 0.717) is 19.8 Å². The van der Waals surface area contributed by atoms with Gasteiger partial charge in [-0.25, -0.2) is 4.89 Å². The molecule has 0 spiro atoms. The summed E-state index contributed by atoms with van der Waals surface area (Å²) < 4.78 is 24.9. The van der Waals surface area contributed by atoms with Crippen molar-refractivity contribution in [2.75, 3.05) is 0 Å². The van der Waals surface area contributed by atoms with Crippen molar-refractivity contribution < 1.29 is 22.7 Å². The Balaban J connectivity index is 1.51. The zero-order chi connectivity index (χ0) is 22.6. The summed E-state index contributed by atoms with van der Waals surface area (Å²) in [6, 6.07) is 29.9. The van der Waals surface area contributed by atoms with Crippen LogP contribution in [0.5, 0.6) is 0 Å². The average molecular weight is 465 g/mol. The van der Waals surface area contributed by atoms with Gasteiger partial charge in [0.1, 0.15) is 0 Å². The first-order valence-electron chi connectivity index (χ1n) is 11.7. The fourth-order valence-electron chi connectivity index (χ4n) is 3.72. The molecule has 0 radical (unpaired) electrons. The highest BCUT2D eigenvalue weighted by Gasteiger charge is 2.49. The van der Waals surface area contributed by atoms with Crippen LogP contribution >= 0.6 is 0 Å². The number of benzene rings is 3. The van der Waals surface area contributed by atoms with Gasteiger partial charge in [0.15, 0.2) is 0 Å². The van der Waals surface area contributed by atoms with Gasteiger partial charge in [-0.2, -0.15) is 4.58 Å². The van der Waals surface area contributed by atoms with Crippen LogP contribution in [0.4, 0.5) is 0 Å². The highest BCUT2D eigenvalue weighted by atomic mass is 28.4. The van der Waals surface area contributed by atoms with Gasteiger partial charge >= 0.3 is 9.05 Å². The molecule has 6 heteroatoms. The Morgan fingerprint density at radius 2 is 0.939 bits per heavy atom. The molecule has 0 heterocycles. The zero-order valence-electron chi connectivity index (χ0n) is 18.9. The van der Waals surface area contributed by atoms with Crippen LogP contribution in [0.25, 0.3) is 0 Å². The van der Waals surface area contributed by atoms with E-state index in [1.807, 2.05) is 91.0 Å². The molecule has 0 bridgehead atoms. The van der Waals surface area contributed by atoms with Gasteiger partial charge in [0, 0.05) is 0 Å². The Kier molecular flexibility index (Phi) is 9.24. The summed E-state index contributed by atoms with van der Waals surface area (Å²) in [5.74, 6) is 0. The standard InChI is InChI=1S/C27H32O5Si/c1-5-13-24(14-6-1)21-28-33(29-22-25-15-7-2-8-16-25,30-23-26-17-9-3-10-18-26)32-31-27-19-11-4-12-20-27/h1-3,5-10,13-18,27H,4,11-12,19-23H2. The third kappa shape index (κ3) is 7.89. The Labute approximate surface area is 197 Å². The van der Waals surface area contributed by atoms with Crippen LogP contribution in [0.15, 0.2) is 91.0 Å². The minimum Gasteiger partial charge on any atom is -0.345 e. The van der Waals surface area contributed by atoms with E-state index in [1.54, 1.807) is 0 Å². The Bertz CT molecular complexity index is 811. The average Bonchev–Trinajstić information content (AvgIpc) is 2.90. The van der Waals surface area contributed by atoms with Crippen molar-refractivity contribution in [3.05, 3.63) is 108 Å². The fraction of sp³-hybridized carbons (Fsp3) is 0.333. The number of rotatable bonds is 12. The van der Waals surface area contributed by atoms with Gasteiger partial charge < -0.3 is 13.3 Å². The second kappa shape index (κ2) is 12.8. The van der Waals surface area contributed by atoms with Crippen LogP contribution in [0.2, 0.25) is 0 Å². The zero-order valence-corrected chi connectivity index (χ0v) is 19.9. The van der Waals surface area contributed by atoms with Crippen LogP contribution < -0.4 is 0 Å². The van der Waals surface area contributed by atoms with Gasteiger partial charge in [-0.05, 0) is 29.5 Å². The number of hydrogen-bond acceptors (Lipinski definition) is 5. The normalized spacial score (nSPS) is 14.9. The summed E-state index contributed by atoms with van der Waals surface area (Å²) in [4.78, 5) is 5.90. The maximum atomic E-state index is 6.30. The van der Waals surface area contributed by atoms with E-state index in [1.165, 1.54) is 6.42 Å². The molecule has 1 aliphatic rings. The SMILES string of the molecule is c1ccc(CO[Si](OCc2ccccc2)(OCc2ccccc2)OOC2CCCCC2)cc1. The topological polar surface area (TPSA) is 46.2 Å². The highest BCUT2D eigenvalue weighted by Crippen LogP contribution is 2.25. The lowest BCUT2D eigenvalue weighted by molar-refractivity contribution is -0.309. The lowest BCUT2D eigenvalue weighted by atomic mass is 9.98. The van der Waals surface area contributed by atoms with Crippen LogP contribution in [0.1, 0.15) is 48.8 Å². The largest absolute Gasteiger partial charge is 0.708 e. The van der Waals surface area contributed by atoms with E-state index in [2.05, 4.69) is 0 Å². The summed E-state index contributed by atoms with van der Waals surface area (Å²) in [7, 11) is -3.65. The van der Waals surface area contributed by atoms with Crippen molar-refractivity contribution in [1.29, 1.82) is 0 Å². The molecule has 0 unspecified atom stereocenters. The van der Waals surface area contributed by atoms with Crippen molar-refractivity contribution in [2.24, 2.45) is 0 Å². The minimum absolute atomic E-state index is 0.0339. The molecule has 0 atom stereocenters. The molecule has 0 aliphatic heterocycles. The lowest BCUT2D eigenvalue weighted by Crippen LogP contribution is -2.49. The van der Waals surface area contributed by atoms with E-state index in [-0.39, 0.29) is 6.10 Å². The van der Waals surface area contributed by atoms with Crippen molar-refractivity contribution in [3.8, 4) is 0 Å². The van der Waals surface area contributed by atoms with E-state index < -0.39 is 9.05 Å². The van der Waals surface area contributed by atoms with Gasteiger partial charge in [0.25, 0.3) is 0 Å². The maximum absolute atomic E-state index is 6.30. The van der Waals surface area contributed by atoms with Gasteiger partial charge in [-0.1, -0.05) is 110 Å². The second-order valence-electron chi connectivity index (χ2n) is 8.26. The molecule has 33 heavy (non-hydrogen) atoms. The van der Waals surface area contributed by atoms with Gasteiger partial charge in [0.05, 0.1) is 25.9 Å². The highest BCUT2D eigenvalue weighted by molar-refractivity contribution is 6.53. The molecule has 0 N–H and O–H groups in total. The summed E-state index contributed by atoms with van der Waals surface area (Å²) >= 11 is 0. The van der Waals surface area contributed by atoms with Crippen LogP contribution in [0.3, 0.4) is 0 Å². The van der Waals surface area contributed by atoms with Crippen LogP contribution in [-0.4, -0.2) is 15.2 Å². The van der Waals surface area contributed by atoms with Crippen LogP contribution in [0, 0.1) is 0 Å². The Hall–Kier alpha value is -2.32. The summed E-state index contributed by atoms with van der Waals surface area (Å²) in [5, 5.41) is 0. The third-order valence-corrected chi connectivity index (χ3v) is 7.41. The molecule has 0 aromatic heterocycles. The first-order valence-corrected chi connectivity index (χ1v) is 13.3. The predicted molar refractivity (Wildman–Crippen MR) is 128 cm³/mol. The number of hydrogen-bond donors (Lipinski definition) is 0. The maximum Gasteiger partial charge on any atom is 0.708 e.